The minimum absolute atomic E-state index is 0.120. The van der Waals surface area contributed by atoms with Crippen LogP contribution in [-0.4, -0.2) is 68.9 Å². The maximum absolute atomic E-state index is 12.8. The fraction of sp³-hybridized carbons (Fsp3) is 0.500. The van der Waals surface area contributed by atoms with Crippen LogP contribution in [0.5, 0.6) is 11.5 Å². The second-order valence-electron chi connectivity index (χ2n) is 10.3. The number of ether oxygens (including phenoxy) is 3. The number of pyridine rings is 1. The smallest absolute Gasteiger partial charge is 0.410 e. The van der Waals surface area contributed by atoms with E-state index in [0.717, 1.165) is 10.7 Å². The Hall–Kier alpha value is -2.66. The predicted octanol–water partition coefficient (Wildman–Crippen LogP) is 5.21. The third-order valence-corrected chi connectivity index (χ3v) is 7.22. The molecule has 1 fully saturated rings. The molecular formula is C26H32ClN3O6S. The molecule has 0 bridgehead atoms. The summed E-state index contributed by atoms with van der Waals surface area (Å²) in [4.78, 5) is 23.6. The lowest BCUT2D eigenvalue weighted by Crippen LogP contribution is -2.45. The van der Waals surface area contributed by atoms with Crippen molar-refractivity contribution in [2.45, 2.75) is 71.0 Å². The number of aliphatic hydroxyl groups is 2. The predicted molar refractivity (Wildman–Crippen MR) is 142 cm³/mol. The van der Waals surface area contributed by atoms with Gasteiger partial charge < -0.3 is 24.4 Å². The lowest BCUT2D eigenvalue weighted by molar-refractivity contribution is -0.0915. The van der Waals surface area contributed by atoms with Crippen molar-refractivity contribution in [1.29, 1.82) is 0 Å². The number of aromatic nitrogens is 2. The molecule has 1 amide bonds. The van der Waals surface area contributed by atoms with Crippen molar-refractivity contribution in [2.75, 3.05) is 13.7 Å². The highest BCUT2D eigenvalue weighted by molar-refractivity contribution is 7.13. The Labute approximate surface area is 225 Å². The molecule has 37 heavy (non-hydrogen) atoms. The summed E-state index contributed by atoms with van der Waals surface area (Å²) in [5.41, 5.74) is 1.32. The van der Waals surface area contributed by atoms with E-state index in [1.165, 1.54) is 23.3 Å². The zero-order valence-electron chi connectivity index (χ0n) is 21.7. The summed E-state index contributed by atoms with van der Waals surface area (Å²) in [6.45, 7) is 9.54. The largest absolute Gasteiger partial charge is 0.495 e. The van der Waals surface area contributed by atoms with E-state index in [1.807, 2.05) is 11.4 Å². The van der Waals surface area contributed by atoms with Crippen LogP contribution in [0.15, 0.2) is 23.6 Å². The van der Waals surface area contributed by atoms with E-state index >= 15 is 0 Å². The molecule has 3 heterocycles. The van der Waals surface area contributed by atoms with Crippen LogP contribution in [0.4, 0.5) is 4.79 Å². The highest BCUT2D eigenvalue weighted by Crippen LogP contribution is 2.40. The Morgan fingerprint density at radius 1 is 1.22 bits per heavy atom. The van der Waals surface area contributed by atoms with E-state index in [4.69, 9.17) is 35.8 Å². The van der Waals surface area contributed by atoms with Gasteiger partial charge in [-0.2, -0.15) is 0 Å². The molecule has 1 aliphatic heterocycles. The molecule has 1 aliphatic rings. The molecule has 1 unspecified atom stereocenters. The van der Waals surface area contributed by atoms with Gasteiger partial charge >= 0.3 is 6.09 Å². The van der Waals surface area contributed by atoms with E-state index in [-0.39, 0.29) is 18.9 Å². The number of rotatable bonds is 6. The minimum Gasteiger partial charge on any atom is -0.495 e. The van der Waals surface area contributed by atoms with Crippen molar-refractivity contribution in [2.24, 2.45) is 0 Å². The van der Waals surface area contributed by atoms with Gasteiger partial charge in [0.05, 0.1) is 30.9 Å². The lowest BCUT2D eigenvalue weighted by atomic mass is 10.1. The Morgan fingerprint density at radius 3 is 2.54 bits per heavy atom. The van der Waals surface area contributed by atoms with Gasteiger partial charge in [0.1, 0.15) is 38.9 Å². The molecule has 0 spiro atoms. The first-order chi connectivity index (χ1) is 17.4. The Balaban J connectivity index is 1.72. The Bertz CT molecular complexity index is 1290. The number of amides is 1. The first-order valence-electron chi connectivity index (χ1n) is 12.0. The first-order valence-corrected chi connectivity index (χ1v) is 13.3. The zero-order valence-corrected chi connectivity index (χ0v) is 23.3. The molecule has 200 valence electrons. The van der Waals surface area contributed by atoms with E-state index in [9.17, 15) is 15.0 Å². The van der Waals surface area contributed by atoms with E-state index < -0.39 is 30.1 Å². The van der Waals surface area contributed by atoms with Gasteiger partial charge in [0.25, 0.3) is 0 Å². The molecular weight excluding hydrogens is 518 g/mol. The summed E-state index contributed by atoms with van der Waals surface area (Å²) in [6, 6.07) is 4.48. The van der Waals surface area contributed by atoms with Crippen LogP contribution in [0.1, 0.15) is 52.7 Å². The summed E-state index contributed by atoms with van der Waals surface area (Å²) in [6.07, 6.45) is -2.70. The van der Waals surface area contributed by atoms with Crippen LogP contribution in [0.25, 0.3) is 21.6 Å². The number of halogens is 1. The Morgan fingerprint density at radius 2 is 1.95 bits per heavy atom. The molecule has 2 N–H and O–H groups in total. The van der Waals surface area contributed by atoms with Gasteiger partial charge in [-0.1, -0.05) is 25.4 Å². The summed E-state index contributed by atoms with van der Waals surface area (Å²) in [5, 5.41) is 23.7. The fourth-order valence-electron chi connectivity index (χ4n) is 4.15. The molecule has 3 aromatic rings. The summed E-state index contributed by atoms with van der Waals surface area (Å²) in [5.74, 6) is 1.24. The topological polar surface area (TPSA) is 114 Å². The van der Waals surface area contributed by atoms with Crippen LogP contribution in [0.2, 0.25) is 5.02 Å². The molecule has 11 heteroatoms. The molecule has 2 aromatic heterocycles. The van der Waals surface area contributed by atoms with Crippen molar-refractivity contribution >= 4 is 39.9 Å². The highest BCUT2D eigenvalue weighted by atomic mass is 35.5. The number of nitrogens with zero attached hydrogens (tertiary/aromatic N) is 3. The van der Waals surface area contributed by atoms with Gasteiger partial charge in [0.15, 0.2) is 6.29 Å². The number of hydrogen-bond donors (Lipinski definition) is 2. The van der Waals surface area contributed by atoms with Gasteiger partial charge in [-0.15, -0.1) is 11.3 Å². The van der Waals surface area contributed by atoms with Crippen molar-refractivity contribution < 1.29 is 29.2 Å². The number of thiazole rings is 1. The van der Waals surface area contributed by atoms with Crippen molar-refractivity contribution in [3.63, 3.8) is 0 Å². The van der Waals surface area contributed by atoms with Crippen molar-refractivity contribution in [3.05, 3.63) is 34.3 Å². The number of likely N-dealkylation sites (tertiary alicyclic amines) is 1. The SMILES string of the molecule is COc1ccc2c(O[C@@H]3CC(C(O)O)N(C(=O)OC(C)(C)C)C3)cc(-c3nc(C(C)C)cs3)nc2c1Cl. The van der Waals surface area contributed by atoms with Gasteiger partial charge in [0.2, 0.25) is 0 Å². The molecule has 0 aliphatic carbocycles. The molecule has 4 rings (SSSR count). The maximum Gasteiger partial charge on any atom is 0.410 e. The maximum atomic E-state index is 12.8. The van der Waals surface area contributed by atoms with Gasteiger partial charge in [-0.3, -0.25) is 4.90 Å². The third-order valence-electron chi connectivity index (χ3n) is 5.97. The van der Waals surface area contributed by atoms with Crippen molar-refractivity contribution in [1.82, 2.24) is 14.9 Å². The number of aliphatic hydroxyl groups excluding tert-OH is 1. The minimum atomic E-state index is -1.74. The van der Waals surface area contributed by atoms with Crippen molar-refractivity contribution in [3.8, 4) is 22.2 Å². The first kappa shape index (κ1) is 27.4. The Kier molecular flexibility index (Phi) is 7.85. The highest BCUT2D eigenvalue weighted by Gasteiger charge is 2.42. The summed E-state index contributed by atoms with van der Waals surface area (Å²) >= 11 is 8.12. The third kappa shape index (κ3) is 5.93. The molecule has 0 radical (unpaired) electrons. The second kappa shape index (κ2) is 10.6. The van der Waals surface area contributed by atoms with E-state index in [0.29, 0.717) is 33.1 Å². The number of fused-ring (bicyclic) bond motifs is 1. The van der Waals surface area contributed by atoms with Crippen LogP contribution in [0, 0.1) is 0 Å². The zero-order chi connectivity index (χ0) is 27.1. The van der Waals surface area contributed by atoms with Gasteiger partial charge in [-0.05, 0) is 38.8 Å². The lowest BCUT2D eigenvalue weighted by Gasteiger charge is -2.28. The molecule has 9 nitrogen and oxygen atoms in total. The number of hydrogen-bond acceptors (Lipinski definition) is 9. The quantitative estimate of drug-likeness (QED) is 0.403. The normalized spacial score (nSPS) is 18.2. The number of carbonyl (C=O) groups excluding carboxylic acids is 1. The van der Waals surface area contributed by atoms with Crippen LogP contribution >= 0.6 is 22.9 Å². The number of carbonyl (C=O) groups is 1. The fourth-order valence-corrected chi connectivity index (χ4v) is 5.37. The monoisotopic (exact) mass is 549 g/mol. The number of benzene rings is 1. The molecule has 1 saturated heterocycles. The summed E-state index contributed by atoms with van der Waals surface area (Å²) in [7, 11) is 1.54. The number of methoxy groups -OCH3 is 1. The van der Waals surface area contributed by atoms with E-state index in [1.54, 1.807) is 32.9 Å². The second-order valence-corrected chi connectivity index (χ2v) is 11.5. The van der Waals surface area contributed by atoms with Crippen LogP contribution in [-0.2, 0) is 4.74 Å². The summed E-state index contributed by atoms with van der Waals surface area (Å²) < 4.78 is 17.3. The standard InChI is InChI=1S/C26H32ClN3O6S/c1-13(2)17-12-37-23(29-17)16-10-20(15-7-8-19(34-6)21(27)22(15)28-16)35-14-9-18(24(31)32)30(11-14)25(33)36-26(3,4)5/h7-8,10,12-14,18,24,31-32H,9,11H2,1-6H3/t14-,18?/m1/s1. The van der Waals surface area contributed by atoms with Crippen LogP contribution < -0.4 is 9.47 Å². The molecule has 1 aromatic carbocycles. The van der Waals surface area contributed by atoms with Gasteiger partial charge in [0, 0.05) is 23.3 Å². The van der Waals surface area contributed by atoms with E-state index in [2.05, 4.69) is 13.8 Å². The molecule has 0 saturated carbocycles. The van der Waals surface area contributed by atoms with Crippen LogP contribution in [0.3, 0.4) is 0 Å². The molecule has 2 atom stereocenters. The van der Waals surface area contributed by atoms with Gasteiger partial charge in [-0.25, -0.2) is 14.8 Å². The average Bonchev–Trinajstić information content (AvgIpc) is 3.46. The average molecular weight is 550 g/mol.